The molecule has 1 aliphatic rings. The highest BCUT2D eigenvalue weighted by Crippen LogP contribution is 2.22. The third-order valence-corrected chi connectivity index (χ3v) is 3.87. The Bertz CT molecular complexity index is 756. The summed E-state index contributed by atoms with van der Waals surface area (Å²) in [6.45, 7) is 2.92. The first kappa shape index (κ1) is 16.3. The van der Waals surface area contributed by atoms with E-state index < -0.39 is 0 Å². The van der Waals surface area contributed by atoms with E-state index in [9.17, 15) is 9.59 Å². The van der Waals surface area contributed by atoms with E-state index in [1.54, 1.807) is 11.8 Å². The average Bonchev–Trinajstić information content (AvgIpc) is 2.61. The number of carbonyl (C=O) groups excluding carboxylic acids is 1. The summed E-state index contributed by atoms with van der Waals surface area (Å²) < 4.78 is 16.2. The average molecular weight is 329 g/mol. The maximum atomic E-state index is 12.3. The first-order valence-electron chi connectivity index (χ1n) is 7.80. The summed E-state index contributed by atoms with van der Waals surface area (Å²) in [5.74, 6) is 0.360. The molecule has 0 spiro atoms. The van der Waals surface area contributed by atoms with Gasteiger partial charge in [0, 0.05) is 12.6 Å². The Kier molecular flexibility index (Phi) is 4.96. The summed E-state index contributed by atoms with van der Waals surface area (Å²) in [6, 6.07) is 11.1. The molecule has 24 heavy (non-hydrogen) atoms. The van der Waals surface area contributed by atoms with Crippen molar-refractivity contribution in [2.45, 2.75) is 13.0 Å². The molecule has 0 unspecified atom stereocenters. The highest BCUT2D eigenvalue weighted by Gasteiger charge is 2.25. The molecule has 0 aliphatic carbocycles. The van der Waals surface area contributed by atoms with E-state index in [0.717, 1.165) is 5.56 Å². The Morgan fingerprint density at radius 1 is 1.33 bits per heavy atom. The summed E-state index contributed by atoms with van der Waals surface area (Å²) in [7, 11) is 0. The zero-order valence-electron chi connectivity index (χ0n) is 13.4. The van der Waals surface area contributed by atoms with Crippen LogP contribution in [0.4, 0.5) is 0 Å². The molecule has 1 amide bonds. The van der Waals surface area contributed by atoms with Gasteiger partial charge in [0.05, 0.1) is 13.2 Å². The quantitative estimate of drug-likeness (QED) is 0.857. The van der Waals surface area contributed by atoms with Crippen molar-refractivity contribution >= 4 is 5.91 Å². The van der Waals surface area contributed by atoms with Crippen LogP contribution in [0.5, 0.6) is 5.75 Å². The second-order valence-corrected chi connectivity index (χ2v) is 5.62. The lowest BCUT2D eigenvalue weighted by Gasteiger charge is -2.33. The van der Waals surface area contributed by atoms with Gasteiger partial charge in [-0.2, -0.15) is 0 Å². The van der Waals surface area contributed by atoms with Gasteiger partial charge in [-0.3, -0.25) is 9.59 Å². The lowest BCUT2D eigenvalue weighted by molar-refractivity contribution is -0.141. The summed E-state index contributed by atoms with van der Waals surface area (Å²) in [5, 5.41) is 0. The molecule has 1 aromatic carbocycles. The molecule has 1 aliphatic heterocycles. The minimum atomic E-state index is -0.296. The van der Waals surface area contributed by atoms with Crippen LogP contribution < -0.4 is 10.2 Å². The van der Waals surface area contributed by atoms with Crippen molar-refractivity contribution in [3.63, 3.8) is 0 Å². The molecule has 3 rings (SSSR count). The SMILES string of the molecule is Cc1cc(=O)c(OCC(=O)N2CCO[C@@H](c3ccccc3)C2)co1. The van der Waals surface area contributed by atoms with Crippen molar-refractivity contribution in [2.75, 3.05) is 26.3 Å². The van der Waals surface area contributed by atoms with Gasteiger partial charge >= 0.3 is 0 Å². The smallest absolute Gasteiger partial charge is 0.260 e. The standard InChI is InChI=1S/C18H19NO5/c1-13-9-15(20)17(11-23-13)24-12-18(21)19-7-8-22-16(10-19)14-5-3-2-4-6-14/h2-6,9,11,16H,7-8,10,12H2,1H3/t16-/m1/s1. The van der Waals surface area contributed by atoms with Crippen molar-refractivity contribution < 1.29 is 18.7 Å². The molecule has 1 fully saturated rings. The molecule has 0 N–H and O–H groups in total. The summed E-state index contributed by atoms with van der Waals surface area (Å²) in [4.78, 5) is 25.8. The van der Waals surface area contributed by atoms with Crippen LogP contribution in [0.2, 0.25) is 0 Å². The van der Waals surface area contributed by atoms with E-state index in [1.807, 2.05) is 30.3 Å². The van der Waals surface area contributed by atoms with Crippen LogP contribution in [0.25, 0.3) is 0 Å². The first-order chi connectivity index (χ1) is 11.6. The fraction of sp³-hybridized carbons (Fsp3) is 0.333. The second kappa shape index (κ2) is 7.31. The van der Waals surface area contributed by atoms with Gasteiger partial charge in [-0.15, -0.1) is 0 Å². The van der Waals surface area contributed by atoms with Gasteiger partial charge in [-0.25, -0.2) is 0 Å². The van der Waals surface area contributed by atoms with Crippen molar-refractivity contribution in [2.24, 2.45) is 0 Å². The van der Waals surface area contributed by atoms with E-state index in [0.29, 0.717) is 25.5 Å². The Balaban J connectivity index is 1.59. The highest BCUT2D eigenvalue weighted by atomic mass is 16.5. The van der Waals surface area contributed by atoms with Crippen molar-refractivity contribution in [1.82, 2.24) is 4.90 Å². The van der Waals surface area contributed by atoms with Gasteiger partial charge in [0.2, 0.25) is 11.2 Å². The number of amides is 1. The number of nitrogens with zero attached hydrogens (tertiary/aromatic N) is 1. The van der Waals surface area contributed by atoms with E-state index in [2.05, 4.69) is 0 Å². The van der Waals surface area contributed by atoms with Gasteiger partial charge in [-0.05, 0) is 12.5 Å². The molecule has 0 saturated carbocycles. The van der Waals surface area contributed by atoms with Gasteiger partial charge in [0.25, 0.3) is 5.91 Å². The molecule has 126 valence electrons. The third kappa shape index (κ3) is 3.83. The van der Waals surface area contributed by atoms with Crippen LogP contribution in [0.1, 0.15) is 17.4 Å². The predicted molar refractivity (Wildman–Crippen MR) is 86.9 cm³/mol. The van der Waals surface area contributed by atoms with Crippen molar-refractivity contribution in [1.29, 1.82) is 0 Å². The van der Waals surface area contributed by atoms with Gasteiger partial charge in [-0.1, -0.05) is 30.3 Å². The zero-order chi connectivity index (χ0) is 16.9. The van der Waals surface area contributed by atoms with Crippen LogP contribution in [0.15, 0.2) is 51.9 Å². The first-order valence-corrected chi connectivity index (χ1v) is 7.80. The molecule has 0 bridgehead atoms. The molecular weight excluding hydrogens is 310 g/mol. The monoisotopic (exact) mass is 329 g/mol. The lowest BCUT2D eigenvalue weighted by atomic mass is 10.1. The largest absolute Gasteiger partial charge is 0.477 e. The van der Waals surface area contributed by atoms with Crippen LogP contribution in [0.3, 0.4) is 0 Å². The number of benzene rings is 1. The Morgan fingerprint density at radius 3 is 2.88 bits per heavy atom. The topological polar surface area (TPSA) is 69.0 Å². The zero-order valence-corrected chi connectivity index (χ0v) is 13.4. The van der Waals surface area contributed by atoms with Gasteiger partial charge in [0.15, 0.2) is 6.61 Å². The Morgan fingerprint density at radius 2 is 2.12 bits per heavy atom. The molecule has 1 aromatic heterocycles. The van der Waals surface area contributed by atoms with Crippen molar-refractivity contribution in [3.05, 3.63) is 64.2 Å². The van der Waals surface area contributed by atoms with Crippen LogP contribution >= 0.6 is 0 Å². The fourth-order valence-electron chi connectivity index (χ4n) is 2.58. The lowest BCUT2D eigenvalue weighted by Crippen LogP contribution is -2.44. The molecule has 6 heteroatoms. The maximum absolute atomic E-state index is 12.3. The van der Waals surface area contributed by atoms with Gasteiger partial charge < -0.3 is 18.8 Å². The molecule has 1 atom stereocenters. The Hall–Kier alpha value is -2.60. The van der Waals surface area contributed by atoms with Crippen LogP contribution in [-0.4, -0.2) is 37.1 Å². The van der Waals surface area contributed by atoms with Crippen LogP contribution in [-0.2, 0) is 9.53 Å². The number of rotatable bonds is 4. The number of carbonyl (C=O) groups is 1. The Labute approximate surface area is 139 Å². The number of aryl methyl sites for hydroxylation is 1. The summed E-state index contributed by atoms with van der Waals surface area (Å²) in [6.07, 6.45) is 1.09. The molecular formula is C18H19NO5. The number of ether oxygens (including phenoxy) is 2. The molecule has 6 nitrogen and oxygen atoms in total. The molecule has 1 saturated heterocycles. The highest BCUT2D eigenvalue weighted by molar-refractivity contribution is 5.77. The van der Waals surface area contributed by atoms with Gasteiger partial charge in [0.1, 0.15) is 18.1 Å². The predicted octanol–water partition coefficient (Wildman–Crippen LogP) is 1.93. The van der Waals surface area contributed by atoms with E-state index in [-0.39, 0.29) is 29.8 Å². The summed E-state index contributed by atoms with van der Waals surface area (Å²) >= 11 is 0. The second-order valence-electron chi connectivity index (χ2n) is 5.62. The molecule has 0 radical (unpaired) electrons. The maximum Gasteiger partial charge on any atom is 0.260 e. The minimum absolute atomic E-state index is 0.0434. The molecule has 2 aromatic rings. The van der Waals surface area contributed by atoms with E-state index >= 15 is 0 Å². The number of morpholine rings is 1. The normalized spacial score (nSPS) is 17.5. The number of hydrogen-bond acceptors (Lipinski definition) is 5. The van der Waals surface area contributed by atoms with E-state index in [4.69, 9.17) is 13.9 Å². The third-order valence-electron chi connectivity index (χ3n) is 3.87. The van der Waals surface area contributed by atoms with E-state index in [1.165, 1.54) is 12.3 Å². The van der Waals surface area contributed by atoms with Crippen LogP contribution in [0, 0.1) is 6.92 Å². The minimum Gasteiger partial charge on any atom is -0.477 e. The van der Waals surface area contributed by atoms with Crippen molar-refractivity contribution in [3.8, 4) is 5.75 Å². The molecule has 2 heterocycles. The number of hydrogen-bond donors (Lipinski definition) is 0. The fourth-order valence-corrected chi connectivity index (χ4v) is 2.58. The summed E-state index contributed by atoms with van der Waals surface area (Å²) in [5.41, 5.74) is 0.741.